The first kappa shape index (κ1) is 21.4. The topological polar surface area (TPSA) is 118 Å². The molecule has 0 spiro atoms. The lowest BCUT2D eigenvalue weighted by molar-refractivity contribution is -0.136. The van der Waals surface area contributed by atoms with Gasteiger partial charge >= 0.3 is 5.97 Å². The number of nitrogens with zero attached hydrogens (tertiary/aromatic N) is 1. The van der Waals surface area contributed by atoms with Crippen molar-refractivity contribution in [3.8, 4) is 0 Å². The van der Waals surface area contributed by atoms with Crippen molar-refractivity contribution in [3.63, 3.8) is 0 Å². The standard InChI is InChI=1S/C23H21N3O5S/c1-26-20-5-3-2-4-18(20)19-14-17(10-11-21(19)26)32(30,31)25-16-8-6-15(7-9-16)23(29)24-13-12-22(27)28/h2-11,14,25H,12-13H2,1H3,(H,24,29)(H,27,28). The molecule has 0 aliphatic heterocycles. The van der Waals surface area contributed by atoms with Gasteiger partial charge in [-0.05, 0) is 48.5 Å². The van der Waals surface area contributed by atoms with Crippen molar-refractivity contribution in [1.82, 2.24) is 9.88 Å². The largest absolute Gasteiger partial charge is 0.481 e. The van der Waals surface area contributed by atoms with E-state index in [0.717, 1.165) is 21.8 Å². The van der Waals surface area contributed by atoms with E-state index in [1.165, 1.54) is 24.3 Å². The van der Waals surface area contributed by atoms with Crippen LogP contribution < -0.4 is 10.0 Å². The molecule has 0 radical (unpaired) electrons. The Morgan fingerprint density at radius 2 is 1.62 bits per heavy atom. The predicted octanol–water partition coefficient (Wildman–Crippen LogP) is 3.34. The van der Waals surface area contributed by atoms with Gasteiger partial charge in [-0.15, -0.1) is 0 Å². The zero-order valence-electron chi connectivity index (χ0n) is 17.2. The van der Waals surface area contributed by atoms with Crippen molar-refractivity contribution in [1.29, 1.82) is 0 Å². The van der Waals surface area contributed by atoms with Crippen molar-refractivity contribution in [3.05, 3.63) is 72.3 Å². The molecular formula is C23H21N3O5S. The van der Waals surface area contributed by atoms with E-state index in [9.17, 15) is 18.0 Å². The summed E-state index contributed by atoms with van der Waals surface area (Å²) in [4.78, 5) is 22.7. The smallest absolute Gasteiger partial charge is 0.305 e. The van der Waals surface area contributed by atoms with Crippen molar-refractivity contribution in [2.24, 2.45) is 7.05 Å². The normalized spacial score (nSPS) is 11.5. The first-order valence-electron chi connectivity index (χ1n) is 9.86. The van der Waals surface area contributed by atoms with Gasteiger partial charge in [-0.3, -0.25) is 14.3 Å². The number of carbonyl (C=O) groups is 2. The Labute approximate surface area is 184 Å². The lowest BCUT2D eigenvalue weighted by atomic mass is 10.1. The summed E-state index contributed by atoms with van der Waals surface area (Å²) in [5, 5.41) is 12.9. The second kappa shape index (κ2) is 8.35. The molecule has 0 aliphatic carbocycles. The maximum absolute atomic E-state index is 13.0. The van der Waals surface area contributed by atoms with Crippen LogP contribution in [0.2, 0.25) is 0 Å². The highest BCUT2D eigenvalue weighted by Gasteiger charge is 2.17. The Morgan fingerprint density at radius 3 is 2.34 bits per heavy atom. The molecule has 3 aromatic carbocycles. The van der Waals surface area contributed by atoms with E-state index in [-0.39, 0.29) is 17.9 Å². The molecule has 0 fully saturated rings. The SMILES string of the molecule is Cn1c2ccccc2c2cc(S(=O)(=O)Nc3ccc(C(=O)NCCC(=O)O)cc3)ccc21. The fourth-order valence-corrected chi connectivity index (χ4v) is 4.69. The first-order valence-corrected chi connectivity index (χ1v) is 11.3. The number of amides is 1. The number of aromatic nitrogens is 1. The monoisotopic (exact) mass is 451 g/mol. The molecule has 4 rings (SSSR count). The molecule has 0 aliphatic rings. The van der Waals surface area contributed by atoms with Crippen LogP contribution in [0.5, 0.6) is 0 Å². The average molecular weight is 452 g/mol. The highest BCUT2D eigenvalue weighted by Crippen LogP contribution is 2.30. The van der Waals surface area contributed by atoms with E-state index in [4.69, 9.17) is 5.11 Å². The first-order chi connectivity index (χ1) is 15.3. The van der Waals surface area contributed by atoms with Crippen LogP contribution in [0.3, 0.4) is 0 Å². The molecule has 0 saturated heterocycles. The van der Waals surface area contributed by atoms with Crippen LogP contribution in [0, 0.1) is 0 Å². The van der Waals surface area contributed by atoms with Gasteiger partial charge < -0.3 is 15.0 Å². The summed E-state index contributed by atoms with van der Waals surface area (Å²) in [5.74, 6) is -1.43. The Kier molecular flexibility index (Phi) is 5.58. The highest BCUT2D eigenvalue weighted by atomic mass is 32.2. The van der Waals surface area contributed by atoms with E-state index in [1.807, 2.05) is 35.9 Å². The second-order valence-corrected chi connectivity index (χ2v) is 9.02. The number of carbonyl (C=O) groups excluding carboxylic acids is 1. The highest BCUT2D eigenvalue weighted by molar-refractivity contribution is 7.92. The zero-order chi connectivity index (χ0) is 22.9. The molecule has 0 atom stereocenters. The van der Waals surface area contributed by atoms with Crippen molar-refractivity contribution in [2.45, 2.75) is 11.3 Å². The van der Waals surface area contributed by atoms with E-state index in [2.05, 4.69) is 10.0 Å². The van der Waals surface area contributed by atoms with Crippen LogP contribution in [0.25, 0.3) is 21.8 Å². The number of sulfonamides is 1. The molecule has 8 nitrogen and oxygen atoms in total. The van der Waals surface area contributed by atoms with Gasteiger partial charge in [0.25, 0.3) is 15.9 Å². The van der Waals surface area contributed by atoms with Gasteiger partial charge in [0.05, 0.1) is 11.3 Å². The number of fused-ring (bicyclic) bond motifs is 3. The maximum atomic E-state index is 13.0. The maximum Gasteiger partial charge on any atom is 0.305 e. The van der Waals surface area contributed by atoms with E-state index >= 15 is 0 Å². The minimum Gasteiger partial charge on any atom is -0.481 e. The Bertz CT molecular complexity index is 1440. The fourth-order valence-electron chi connectivity index (χ4n) is 3.60. The predicted molar refractivity (Wildman–Crippen MR) is 122 cm³/mol. The summed E-state index contributed by atoms with van der Waals surface area (Å²) in [5.41, 5.74) is 2.56. The number of aryl methyl sites for hydroxylation is 1. The van der Waals surface area contributed by atoms with Crippen molar-refractivity contribution >= 4 is 49.4 Å². The zero-order valence-corrected chi connectivity index (χ0v) is 18.0. The van der Waals surface area contributed by atoms with Crippen LogP contribution in [0.15, 0.2) is 71.6 Å². The van der Waals surface area contributed by atoms with E-state index in [0.29, 0.717) is 11.3 Å². The fraction of sp³-hybridized carbons (Fsp3) is 0.130. The van der Waals surface area contributed by atoms with Crippen LogP contribution >= 0.6 is 0 Å². The molecule has 3 N–H and O–H groups in total. The summed E-state index contributed by atoms with van der Waals surface area (Å²) in [7, 11) is -1.91. The molecule has 1 heterocycles. The van der Waals surface area contributed by atoms with Crippen LogP contribution in [-0.4, -0.2) is 36.5 Å². The number of aliphatic carboxylic acids is 1. The van der Waals surface area contributed by atoms with Gasteiger partial charge in [0, 0.05) is 46.6 Å². The average Bonchev–Trinajstić information content (AvgIpc) is 3.06. The van der Waals surface area contributed by atoms with Gasteiger partial charge in [-0.2, -0.15) is 0 Å². The third-order valence-electron chi connectivity index (χ3n) is 5.22. The number of benzene rings is 3. The van der Waals surface area contributed by atoms with Crippen LogP contribution in [0.4, 0.5) is 5.69 Å². The van der Waals surface area contributed by atoms with E-state index < -0.39 is 21.9 Å². The molecule has 164 valence electrons. The lowest BCUT2D eigenvalue weighted by Gasteiger charge is -2.10. The van der Waals surface area contributed by atoms with E-state index in [1.54, 1.807) is 18.2 Å². The summed E-state index contributed by atoms with van der Waals surface area (Å²) in [6, 6.07) is 18.7. The van der Waals surface area contributed by atoms with Crippen LogP contribution in [0.1, 0.15) is 16.8 Å². The summed E-state index contributed by atoms with van der Waals surface area (Å²) < 4.78 is 30.5. The summed E-state index contributed by atoms with van der Waals surface area (Å²) in [6.07, 6.45) is -0.176. The van der Waals surface area contributed by atoms with Gasteiger partial charge in [0.15, 0.2) is 0 Å². The third kappa shape index (κ3) is 4.15. The number of hydrogen-bond donors (Lipinski definition) is 3. The summed E-state index contributed by atoms with van der Waals surface area (Å²) in [6.45, 7) is 0.0131. The Balaban J connectivity index is 1.55. The van der Waals surface area contributed by atoms with Crippen LogP contribution in [-0.2, 0) is 21.9 Å². The third-order valence-corrected chi connectivity index (χ3v) is 6.60. The molecule has 4 aromatic rings. The molecule has 1 amide bonds. The summed E-state index contributed by atoms with van der Waals surface area (Å²) >= 11 is 0. The number of rotatable bonds is 7. The Hall–Kier alpha value is -3.85. The second-order valence-electron chi connectivity index (χ2n) is 7.34. The minimum absolute atomic E-state index is 0.0131. The number of carboxylic acids is 1. The lowest BCUT2D eigenvalue weighted by Crippen LogP contribution is -2.25. The Morgan fingerprint density at radius 1 is 0.938 bits per heavy atom. The number of hydrogen-bond acceptors (Lipinski definition) is 4. The quantitative estimate of drug-likeness (QED) is 0.398. The molecule has 0 saturated carbocycles. The van der Waals surface area contributed by atoms with Gasteiger partial charge in [-0.25, -0.2) is 8.42 Å². The van der Waals surface area contributed by atoms with Gasteiger partial charge in [-0.1, -0.05) is 18.2 Å². The van der Waals surface area contributed by atoms with Crippen molar-refractivity contribution < 1.29 is 23.1 Å². The number of nitrogens with one attached hydrogen (secondary N) is 2. The van der Waals surface area contributed by atoms with Crippen molar-refractivity contribution in [2.75, 3.05) is 11.3 Å². The van der Waals surface area contributed by atoms with Gasteiger partial charge in [0.2, 0.25) is 0 Å². The molecule has 1 aromatic heterocycles. The molecular weight excluding hydrogens is 430 g/mol. The molecule has 9 heteroatoms. The van der Waals surface area contributed by atoms with Gasteiger partial charge in [0.1, 0.15) is 0 Å². The number of anilines is 1. The number of para-hydroxylation sites is 1. The number of carboxylic acid groups (broad SMARTS) is 1. The molecule has 32 heavy (non-hydrogen) atoms. The molecule has 0 unspecified atom stereocenters. The minimum atomic E-state index is -3.85. The molecule has 0 bridgehead atoms.